The van der Waals surface area contributed by atoms with Gasteiger partial charge in [-0.15, -0.1) is 0 Å². The van der Waals surface area contributed by atoms with Gasteiger partial charge in [-0.2, -0.15) is 5.10 Å². The van der Waals surface area contributed by atoms with Crippen molar-refractivity contribution in [1.82, 2.24) is 14.8 Å². The van der Waals surface area contributed by atoms with E-state index in [9.17, 15) is 4.79 Å². The zero-order chi connectivity index (χ0) is 16.5. The summed E-state index contributed by atoms with van der Waals surface area (Å²) in [5.41, 5.74) is 4.26. The SMILES string of the molecule is Cc1ccc(C(=O)Nc2cccc3cn[nH]c23)cc1-n1cccc1. The first kappa shape index (κ1) is 14.3. The molecule has 5 heteroatoms. The summed E-state index contributed by atoms with van der Waals surface area (Å²) in [6.07, 6.45) is 5.67. The second-order valence-electron chi connectivity index (χ2n) is 5.69. The maximum absolute atomic E-state index is 12.7. The third-order valence-corrected chi connectivity index (χ3v) is 4.08. The molecule has 2 N–H and O–H groups in total. The van der Waals surface area contributed by atoms with Crippen molar-refractivity contribution in [2.24, 2.45) is 0 Å². The summed E-state index contributed by atoms with van der Waals surface area (Å²) in [6.45, 7) is 2.03. The predicted molar refractivity (Wildman–Crippen MR) is 94.6 cm³/mol. The fourth-order valence-corrected chi connectivity index (χ4v) is 2.79. The van der Waals surface area contributed by atoms with Crippen LogP contribution in [0.1, 0.15) is 15.9 Å². The van der Waals surface area contributed by atoms with Crippen molar-refractivity contribution in [2.45, 2.75) is 6.92 Å². The molecule has 0 radical (unpaired) electrons. The molecule has 24 heavy (non-hydrogen) atoms. The largest absolute Gasteiger partial charge is 0.324 e. The van der Waals surface area contributed by atoms with E-state index < -0.39 is 0 Å². The minimum Gasteiger partial charge on any atom is -0.324 e. The predicted octanol–water partition coefficient (Wildman–Crippen LogP) is 3.91. The van der Waals surface area contributed by atoms with Crippen LogP contribution in [0, 0.1) is 6.92 Å². The molecular formula is C19H16N4O. The number of fused-ring (bicyclic) bond motifs is 1. The third kappa shape index (κ3) is 2.46. The topological polar surface area (TPSA) is 62.7 Å². The number of para-hydroxylation sites is 1. The molecule has 0 bridgehead atoms. The van der Waals surface area contributed by atoms with Crippen LogP contribution in [-0.4, -0.2) is 20.7 Å². The lowest BCUT2D eigenvalue weighted by atomic mass is 10.1. The van der Waals surface area contributed by atoms with Gasteiger partial charge in [0.2, 0.25) is 0 Å². The number of nitrogens with one attached hydrogen (secondary N) is 2. The van der Waals surface area contributed by atoms with Gasteiger partial charge in [0.25, 0.3) is 5.91 Å². The van der Waals surface area contributed by atoms with Gasteiger partial charge >= 0.3 is 0 Å². The standard InChI is InChI=1S/C19H16N4O/c1-13-7-8-14(11-17(13)23-9-2-3-10-23)19(24)21-16-6-4-5-15-12-20-22-18(15)16/h2-12H,1H3,(H,20,22)(H,21,24). The monoisotopic (exact) mass is 316 g/mol. The van der Waals surface area contributed by atoms with Crippen molar-refractivity contribution < 1.29 is 4.79 Å². The first-order valence-electron chi connectivity index (χ1n) is 7.70. The number of hydrogen-bond acceptors (Lipinski definition) is 2. The highest BCUT2D eigenvalue weighted by atomic mass is 16.1. The lowest BCUT2D eigenvalue weighted by Gasteiger charge is -2.11. The fraction of sp³-hybridized carbons (Fsp3) is 0.0526. The molecule has 0 fully saturated rings. The molecule has 1 amide bonds. The van der Waals surface area contributed by atoms with Crippen LogP contribution in [0.3, 0.4) is 0 Å². The molecule has 0 aliphatic rings. The van der Waals surface area contributed by atoms with E-state index >= 15 is 0 Å². The minimum atomic E-state index is -0.148. The number of carbonyl (C=O) groups is 1. The molecule has 2 heterocycles. The number of aromatic nitrogens is 3. The van der Waals surface area contributed by atoms with E-state index in [1.165, 1.54) is 0 Å². The summed E-state index contributed by atoms with van der Waals surface area (Å²) in [5, 5.41) is 10.9. The first-order chi connectivity index (χ1) is 11.7. The number of anilines is 1. The van der Waals surface area contributed by atoms with Crippen molar-refractivity contribution in [3.63, 3.8) is 0 Å². The number of hydrogen-bond donors (Lipinski definition) is 2. The molecule has 4 aromatic rings. The molecular weight excluding hydrogens is 300 g/mol. The second kappa shape index (κ2) is 5.70. The van der Waals surface area contributed by atoms with E-state index in [1.54, 1.807) is 6.20 Å². The Hall–Kier alpha value is -3.34. The maximum atomic E-state index is 12.7. The summed E-state index contributed by atoms with van der Waals surface area (Å²) in [5.74, 6) is -0.148. The van der Waals surface area contributed by atoms with Gasteiger partial charge in [-0.05, 0) is 42.8 Å². The van der Waals surface area contributed by atoms with E-state index in [-0.39, 0.29) is 5.91 Å². The van der Waals surface area contributed by atoms with Crippen LogP contribution in [0.15, 0.2) is 67.1 Å². The van der Waals surface area contributed by atoms with E-state index in [0.29, 0.717) is 5.56 Å². The minimum absolute atomic E-state index is 0.148. The first-order valence-corrected chi connectivity index (χ1v) is 7.70. The van der Waals surface area contributed by atoms with Crippen molar-refractivity contribution >= 4 is 22.5 Å². The van der Waals surface area contributed by atoms with E-state index in [0.717, 1.165) is 27.8 Å². The third-order valence-electron chi connectivity index (χ3n) is 4.08. The fourth-order valence-electron chi connectivity index (χ4n) is 2.79. The molecule has 0 unspecified atom stereocenters. The number of aryl methyl sites for hydroxylation is 1. The zero-order valence-electron chi connectivity index (χ0n) is 13.2. The number of amides is 1. The summed E-state index contributed by atoms with van der Waals surface area (Å²) >= 11 is 0. The van der Waals surface area contributed by atoms with Gasteiger partial charge in [-0.3, -0.25) is 9.89 Å². The maximum Gasteiger partial charge on any atom is 0.255 e. The number of H-pyrrole nitrogens is 1. The normalized spacial score (nSPS) is 10.9. The quantitative estimate of drug-likeness (QED) is 0.602. The average molecular weight is 316 g/mol. The Morgan fingerprint density at radius 3 is 2.79 bits per heavy atom. The van der Waals surface area contributed by atoms with Crippen molar-refractivity contribution in [2.75, 3.05) is 5.32 Å². The number of carbonyl (C=O) groups excluding carboxylic acids is 1. The van der Waals surface area contributed by atoms with Crippen LogP contribution in [0.5, 0.6) is 0 Å². The molecule has 0 aliphatic heterocycles. The summed E-state index contributed by atoms with van der Waals surface area (Å²) in [4.78, 5) is 12.7. The summed E-state index contributed by atoms with van der Waals surface area (Å²) < 4.78 is 2.00. The van der Waals surface area contributed by atoms with Gasteiger partial charge in [0.15, 0.2) is 0 Å². The number of benzene rings is 2. The van der Waals surface area contributed by atoms with Gasteiger partial charge in [0.05, 0.1) is 17.4 Å². The Balaban J connectivity index is 1.68. The molecule has 0 saturated carbocycles. The highest BCUT2D eigenvalue weighted by molar-refractivity contribution is 6.08. The number of nitrogens with zero attached hydrogens (tertiary/aromatic N) is 2. The Bertz CT molecular complexity index is 1010. The zero-order valence-corrected chi connectivity index (χ0v) is 13.2. The van der Waals surface area contributed by atoms with E-state index in [2.05, 4.69) is 15.5 Å². The van der Waals surface area contributed by atoms with Crippen LogP contribution < -0.4 is 5.32 Å². The smallest absolute Gasteiger partial charge is 0.255 e. The Labute approximate surface area is 138 Å². The van der Waals surface area contributed by atoms with Gasteiger partial charge in [-0.25, -0.2) is 0 Å². The molecule has 2 aromatic heterocycles. The van der Waals surface area contributed by atoms with Gasteiger partial charge in [-0.1, -0.05) is 18.2 Å². The summed E-state index contributed by atoms with van der Waals surface area (Å²) in [6, 6.07) is 15.3. The second-order valence-corrected chi connectivity index (χ2v) is 5.69. The highest BCUT2D eigenvalue weighted by Gasteiger charge is 2.11. The number of rotatable bonds is 3. The lowest BCUT2D eigenvalue weighted by Crippen LogP contribution is -2.13. The Kier molecular flexibility index (Phi) is 3.39. The van der Waals surface area contributed by atoms with Crippen LogP contribution in [0.4, 0.5) is 5.69 Å². The van der Waals surface area contributed by atoms with Crippen LogP contribution >= 0.6 is 0 Å². The van der Waals surface area contributed by atoms with Crippen LogP contribution in [0.25, 0.3) is 16.6 Å². The van der Waals surface area contributed by atoms with Crippen LogP contribution in [-0.2, 0) is 0 Å². The molecule has 0 atom stereocenters. The Morgan fingerprint density at radius 2 is 1.96 bits per heavy atom. The average Bonchev–Trinajstić information content (AvgIpc) is 3.27. The van der Waals surface area contributed by atoms with Crippen molar-refractivity contribution in [3.05, 3.63) is 78.2 Å². The van der Waals surface area contributed by atoms with Crippen molar-refractivity contribution in [3.8, 4) is 5.69 Å². The summed E-state index contributed by atoms with van der Waals surface area (Å²) in [7, 11) is 0. The van der Waals surface area contributed by atoms with Crippen molar-refractivity contribution in [1.29, 1.82) is 0 Å². The van der Waals surface area contributed by atoms with Gasteiger partial charge in [0, 0.05) is 29.0 Å². The molecule has 118 valence electrons. The van der Waals surface area contributed by atoms with Crippen LogP contribution in [0.2, 0.25) is 0 Å². The van der Waals surface area contributed by atoms with Gasteiger partial charge < -0.3 is 9.88 Å². The Morgan fingerprint density at radius 1 is 1.12 bits per heavy atom. The number of aromatic amines is 1. The highest BCUT2D eigenvalue weighted by Crippen LogP contribution is 2.22. The van der Waals surface area contributed by atoms with Gasteiger partial charge in [0.1, 0.15) is 0 Å². The molecule has 0 saturated heterocycles. The van der Waals surface area contributed by atoms with E-state index in [4.69, 9.17) is 0 Å². The van der Waals surface area contributed by atoms with E-state index in [1.807, 2.05) is 72.4 Å². The molecule has 5 nitrogen and oxygen atoms in total. The molecule has 0 aliphatic carbocycles. The molecule has 4 rings (SSSR count). The molecule has 0 spiro atoms. The lowest BCUT2D eigenvalue weighted by molar-refractivity contribution is 0.102. The molecule has 2 aromatic carbocycles.